The number of hydrogen-bond donors (Lipinski definition) is 1. The lowest BCUT2D eigenvalue weighted by Gasteiger charge is -2.24. The van der Waals surface area contributed by atoms with Crippen LogP contribution in [-0.4, -0.2) is 49.7 Å². The standard InChI is InChI=1S/C15H26N4OS/c1-12-18-14(11-21-12)10-19(3)15(16-2)17-7-4-13-5-8-20-9-6-13/h11,13H,4-10H2,1-3H3,(H,16,17). The molecule has 1 aromatic heterocycles. The van der Waals surface area contributed by atoms with E-state index in [-0.39, 0.29) is 0 Å². The van der Waals surface area contributed by atoms with Gasteiger partial charge in [0.1, 0.15) is 0 Å². The number of guanidine groups is 1. The summed E-state index contributed by atoms with van der Waals surface area (Å²) in [5.74, 6) is 1.73. The average Bonchev–Trinajstić information content (AvgIpc) is 2.89. The van der Waals surface area contributed by atoms with E-state index in [1.165, 1.54) is 19.3 Å². The lowest BCUT2D eigenvalue weighted by molar-refractivity contribution is 0.0643. The van der Waals surface area contributed by atoms with Crippen LogP contribution < -0.4 is 5.32 Å². The number of nitrogens with zero attached hydrogens (tertiary/aromatic N) is 3. The van der Waals surface area contributed by atoms with Gasteiger partial charge in [-0.25, -0.2) is 4.98 Å². The third kappa shape index (κ3) is 5.28. The molecule has 118 valence electrons. The summed E-state index contributed by atoms with van der Waals surface area (Å²) in [6.45, 7) is 5.64. The fourth-order valence-corrected chi connectivity index (χ4v) is 3.21. The zero-order valence-corrected chi connectivity index (χ0v) is 14.1. The minimum absolute atomic E-state index is 0.788. The molecule has 0 spiro atoms. The molecular formula is C15H26N4OS. The third-order valence-electron chi connectivity index (χ3n) is 3.82. The predicted octanol–water partition coefficient (Wildman–Crippen LogP) is 2.28. The molecule has 0 atom stereocenters. The molecule has 1 aliphatic heterocycles. The van der Waals surface area contributed by atoms with E-state index in [9.17, 15) is 0 Å². The number of nitrogens with one attached hydrogen (secondary N) is 1. The highest BCUT2D eigenvalue weighted by Crippen LogP contribution is 2.17. The fourth-order valence-electron chi connectivity index (χ4n) is 2.61. The number of aromatic nitrogens is 1. The summed E-state index contributed by atoms with van der Waals surface area (Å²) in [7, 11) is 3.89. The molecular weight excluding hydrogens is 284 g/mol. The van der Waals surface area contributed by atoms with Crippen molar-refractivity contribution in [1.29, 1.82) is 0 Å². The van der Waals surface area contributed by atoms with Crippen LogP contribution in [-0.2, 0) is 11.3 Å². The van der Waals surface area contributed by atoms with E-state index in [4.69, 9.17) is 4.74 Å². The molecule has 1 saturated heterocycles. The van der Waals surface area contributed by atoms with Crippen LogP contribution in [0.1, 0.15) is 30.0 Å². The second kappa shape index (κ2) is 8.34. The van der Waals surface area contributed by atoms with Crippen LogP contribution in [0.15, 0.2) is 10.4 Å². The van der Waals surface area contributed by atoms with Crippen molar-refractivity contribution in [2.45, 2.75) is 32.7 Å². The van der Waals surface area contributed by atoms with Crippen molar-refractivity contribution >= 4 is 17.3 Å². The van der Waals surface area contributed by atoms with Crippen molar-refractivity contribution in [1.82, 2.24) is 15.2 Å². The highest BCUT2D eigenvalue weighted by molar-refractivity contribution is 7.09. The van der Waals surface area contributed by atoms with Crippen molar-refractivity contribution in [3.8, 4) is 0 Å². The first kappa shape index (κ1) is 16.2. The molecule has 0 unspecified atom stereocenters. The Hall–Kier alpha value is -1.14. The summed E-state index contributed by atoms with van der Waals surface area (Å²) in [6, 6.07) is 0. The molecule has 0 radical (unpaired) electrons. The molecule has 0 aromatic carbocycles. The van der Waals surface area contributed by atoms with Gasteiger partial charge < -0.3 is 15.0 Å². The molecule has 0 bridgehead atoms. The van der Waals surface area contributed by atoms with Crippen molar-refractivity contribution in [3.63, 3.8) is 0 Å². The number of hydrogen-bond acceptors (Lipinski definition) is 4. The first-order chi connectivity index (χ1) is 10.2. The quantitative estimate of drug-likeness (QED) is 0.669. The van der Waals surface area contributed by atoms with Gasteiger partial charge in [0, 0.05) is 39.2 Å². The third-order valence-corrected chi connectivity index (χ3v) is 4.64. The SMILES string of the molecule is CN=C(NCCC1CCOCC1)N(C)Cc1csc(C)n1. The van der Waals surface area contributed by atoms with Crippen LogP contribution in [0.25, 0.3) is 0 Å². The normalized spacial score (nSPS) is 17.0. The van der Waals surface area contributed by atoms with E-state index in [0.29, 0.717) is 0 Å². The monoisotopic (exact) mass is 310 g/mol. The second-order valence-electron chi connectivity index (χ2n) is 5.53. The van der Waals surface area contributed by atoms with Gasteiger partial charge in [-0.1, -0.05) is 0 Å². The summed E-state index contributed by atoms with van der Waals surface area (Å²) in [6.07, 6.45) is 3.56. The molecule has 5 nitrogen and oxygen atoms in total. The molecule has 6 heteroatoms. The Morgan fingerprint density at radius 2 is 2.29 bits per heavy atom. The van der Waals surface area contributed by atoms with Crippen LogP contribution in [0.4, 0.5) is 0 Å². The first-order valence-corrected chi connectivity index (χ1v) is 8.47. The summed E-state index contributed by atoms with van der Waals surface area (Å²) in [5.41, 5.74) is 1.10. The molecule has 0 aliphatic carbocycles. The summed E-state index contributed by atoms with van der Waals surface area (Å²) < 4.78 is 5.40. The molecule has 1 aromatic rings. The molecule has 0 amide bonds. The molecule has 2 heterocycles. The zero-order chi connectivity index (χ0) is 15.1. The van der Waals surface area contributed by atoms with Crippen LogP contribution in [0.2, 0.25) is 0 Å². The smallest absolute Gasteiger partial charge is 0.193 e. The van der Waals surface area contributed by atoms with Gasteiger partial charge in [0.25, 0.3) is 0 Å². The van der Waals surface area contributed by atoms with E-state index in [2.05, 4.69) is 32.6 Å². The minimum atomic E-state index is 0.788. The maximum absolute atomic E-state index is 5.40. The maximum Gasteiger partial charge on any atom is 0.193 e. The van der Waals surface area contributed by atoms with E-state index in [1.807, 2.05) is 14.0 Å². The lowest BCUT2D eigenvalue weighted by Crippen LogP contribution is -2.39. The van der Waals surface area contributed by atoms with Crippen molar-refractivity contribution in [2.24, 2.45) is 10.9 Å². The molecule has 21 heavy (non-hydrogen) atoms. The molecule has 1 fully saturated rings. The van der Waals surface area contributed by atoms with Gasteiger partial charge in [-0.3, -0.25) is 4.99 Å². The first-order valence-electron chi connectivity index (χ1n) is 7.59. The minimum Gasteiger partial charge on any atom is -0.381 e. The van der Waals surface area contributed by atoms with E-state index < -0.39 is 0 Å². The summed E-state index contributed by atoms with van der Waals surface area (Å²) >= 11 is 1.69. The largest absolute Gasteiger partial charge is 0.381 e. The van der Waals surface area contributed by atoms with Gasteiger partial charge in [-0.2, -0.15) is 0 Å². The van der Waals surface area contributed by atoms with Gasteiger partial charge >= 0.3 is 0 Å². The number of thiazole rings is 1. The van der Waals surface area contributed by atoms with Crippen LogP contribution in [0.3, 0.4) is 0 Å². The number of ether oxygens (including phenoxy) is 1. The number of aliphatic imine (C=N–C) groups is 1. The Morgan fingerprint density at radius 3 is 2.90 bits per heavy atom. The van der Waals surface area contributed by atoms with E-state index >= 15 is 0 Å². The molecule has 0 saturated carbocycles. The Morgan fingerprint density at radius 1 is 1.52 bits per heavy atom. The number of aryl methyl sites for hydroxylation is 1. The Kier molecular flexibility index (Phi) is 6.45. The van der Waals surface area contributed by atoms with Crippen molar-refractivity contribution < 1.29 is 4.74 Å². The van der Waals surface area contributed by atoms with Crippen molar-refractivity contribution in [2.75, 3.05) is 33.9 Å². The summed E-state index contributed by atoms with van der Waals surface area (Å²) in [5, 5.41) is 6.68. The fraction of sp³-hybridized carbons (Fsp3) is 0.733. The zero-order valence-electron chi connectivity index (χ0n) is 13.3. The number of rotatable bonds is 5. The van der Waals surface area contributed by atoms with Gasteiger partial charge in [0.2, 0.25) is 0 Å². The Labute approximate surface area is 131 Å². The van der Waals surface area contributed by atoms with Gasteiger partial charge in [0.05, 0.1) is 17.2 Å². The molecule has 1 N–H and O–H groups in total. The van der Waals surface area contributed by atoms with Crippen LogP contribution in [0, 0.1) is 12.8 Å². The van der Waals surface area contributed by atoms with Crippen LogP contribution >= 0.6 is 11.3 Å². The molecule has 2 rings (SSSR count). The summed E-state index contributed by atoms with van der Waals surface area (Å²) in [4.78, 5) is 11.0. The highest BCUT2D eigenvalue weighted by Gasteiger charge is 2.14. The van der Waals surface area contributed by atoms with Gasteiger partial charge in [-0.05, 0) is 32.1 Å². The topological polar surface area (TPSA) is 49.8 Å². The predicted molar refractivity (Wildman–Crippen MR) is 87.8 cm³/mol. The Balaban J connectivity index is 1.74. The second-order valence-corrected chi connectivity index (χ2v) is 6.59. The van der Waals surface area contributed by atoms with E-state index in [1.54, 1.807) is 11.3 Å². The highest BCUT2D eigenvalue weighted by atomic mass is 32.1. The van der Waals surface area contributed by atoms with Gasteiger partial charge in [0.15, 0.2) is 5.96 Å². The molecule has 1 aliphatic rings. The Bertz CT molecular complexity index is 454. The lowest BCUT2D eigenvalue weighted by atomic mass is 9.97. The van der Waals surface area contributed by atoms with E-state index in [0.717, 1.165) is 48.9 Å². The van der Waals surface area contributed by atoms with Gasteiger partial charge in [-0.15, -0.1) is 11.3 Å². The average molecular weight is 310 g/mol. The maximum atomic E-state index is 5.40. The van der Waals surface area contributed by atoms with Crippen LogP contribution in [0.5, 0.6) is 0 Å². The van der Waals surface area contributed by atoms with Crippen molar-refractivity contribution in [3.05, 3.63) is 16.1 Å².